The van der Waals surface area contributed by atoms with Gasteiger partial charge < -0.3 is 15.0 Å². The number of nitrogens with zero attached hydrogens (tertiary/aromatic N) is 1. The first-order valence-corrected chi connectivity index (χ1v) is 8.09. The molecule has 23 heavy (non-hydrogen) atoms. The number of ether oxygens (including phenoxy) is 1. The molecular weight excluding hydrogens is 292 g/mol. The monoisotopic (exact) mass is 316 g/mol. The van der Waals surface area contributed by atoms with Crippen molar-refractivity contribution in [2.75, 3.05) is 25.0 Å². The molecule has 1 aliphatic rings. The van der Waals surface area contributed by atoms with Crippen LogP contribution in [0.2, 0.25) is 0 Å². The SMILES string of the molecule is C=CC(=O)N1CCC(C(=O)Nc2cccc(OCCC)c2)CC1. The van der Waals surface area contributed by atoms with Crippen LogP contribution in [-0.2, 0) is 9.59 Å². The number of carbonyl (C=O) groups is 2. The van der Waals surface area contributed by atoms with Crippen LogP contribution in [0.15, 0.2) is 36.9 Å². The molecule has 2 rings (SSSR count). The third kappa shape index (κ3) is 4.84. The van der Waals surface area contributed by atoms with Gasteiger partial charge in [0.25, 0.3) is 0 Å². The van der Waals surface area contributed by atoms with Crippen molar-refractivity contribution < 1.29 is 14.3 Å². The molecule has 5 heteroatoms. The fourth-order valence-corrected chi connectivity index (χ4v) is 2.62. The van der Waals surface area contributed by atoms with Crippen molar-refractivity contribution in [3.63, 3.8) is 0 Å². The van der Waals surface area contributed by atoms with E-state index in [0.717, 1.165) is 17.9 Å². The molecule has 0 unspecified atom stereocenters. The summed E-state index contributed by atoms with van der Waals surface area (Å²) in [5.41, 5.74) is 0.744. The Morgan fingerprint density at radius 2 is 2.13 bits per heavy atom. The molecule has 1 aromatic carbocycles. The predicted molar refractivity (Wildman–Crippen MR) is 90.4 cm³/mol. The van der Waals surface area contributed by atoms with Crippen LogP contribution in [0.1, 0.15) is 26.2 Å². The maximum atomic E-state index is 12.4. The van der Waals surface area contributed by atoms with Crippen molar-refractivity contribution in [1.29, 1.82) is 0 Å². The standard InChI is InChI=1S/C18H24N2O3/c1-3-12-23-16-7-5-6-15(13-16)19-18(22)14-8-10-20(11-9-14)17(21)4-2/h4-7,13-14H,2-3,8-12H2,1H3,(H,19,22). The van der Waals surface area contributed by atoms with Crippen LogP contribution in [0, 0.1) is 5.92 Å². The molecule has 5 nitrogen and oxygen atoms in total. The van der Waals surface area contributed by atoms with Crippen LogP contribution >= 0.6 is 0 Å². The molecule has 0 aliphatic carbocycles. The largest absolute Gasteiger partial charge is 0.494 e. The van der Waals surface area contributed by atoms with Gasteiger partial charge in [-0.25, -0.2) is 0 Å². The molecule has 2 amide bonds. The highest BCUT2D eigenvalue weighted by Gasteiger charge is 2.26. The second-order valence-electron chi connectivity index (χ2n) is 5.67. The number of hydrogen-bond acceptors (Lipinski definition) is 3. The summed E-state index contributed by atoms with van der Waals surface area (Å²) in [6.07, 6.45) is 3.62. The van der Waals surface area contributed by atoms with E-state index in [2.05, 4.69) is 18.8 Å². The second-order valence-corrected chi connectivity index (χ2v) is 5.67. The van der Waals surface area contributed by atoms with Gasteiger partial charge in [0.05, 0.1) is 6.61 Å². The van der Waals surface area contributed by atoms with E-state index in [4.69, 9.17) is 4.74 Å². The van der Waals surface area contributed by atoms with Gasteiger partial charge in [0, 0.05) is 30.8 Å². The summed E-state index contributed by atoms with van der Waals surface area (Å²) in [7, 11) is 0. The number of carbonyl (C=O) groups excluding carboxylic acids is 2. The van der Waals surface area contributed by atoms with Crippen molar-refractivity contribution in [2.24, 2.45) is 5.92 Å². The molecule has 1 aromatic rings. The summed E-state index contributed by atoms with van der Waals surface area (Å²) in [6.45, 7) is 7.40. The number of likely N-dealkylation sites (tertiary alicyclic amines) is 1. The first kappa shape index (κ1) is 17.1. The van der Waals surface area contributed by atoms with E-state index >= 15 is 0 Å². The van der Waals surface area contributed by atoms with Gasteiger partial charge in [0.1, 0.15) is 5.75 Å². The average Bonchev–Trinajstić information content (AvgIpc) is 2.59. The highest BCUT2D eigenvalue weighted by molar-refractivity contribution is 5.93. The second kappa shape index (κ2) is 8.36. The molecule has 0 saturated carbocycles. The van der Waals surface area contributed by atoms with Crippen molar-refractivity contribution in [2.45, 2.75) is 26.2 Å². The number of benzene rings is 1. The minimum Gasteiger partial charge on any atom is -0.494 e. The molecule has 0 atom stereocenters. The normalized spacial score (nSPS) is 15.1. The Labute approximate surface area is 137 Å². The third-order valence-corrected chi connectivity index (χ3v) is 3.93. The number of rotatable bonds is 6. The molecule has 1 saturated heterocycles. The maximum absolute atomic E-state index is 12.4. The van der Waals surface area contributed by atoms with E-state index in [-0.39, 0.29) is 17.7 Å². The maximum Gasteiger partial charge on any atom is 0.245 e. The fraction of sp³-hybridized carbons (Fsp3) is 0.444. The molecule has 0 bridgehead atoms. The van der Waals surface area contributed by atoms with Gasteiger partial charge >= 0.3 is 0 Å². The van der Waals surface area contributed by atoms with Gasteiger partial charge in [0.2, 0.25) is 11.8 Å². The summed E-state index contributed by atoms with van der Waals surface area (Å²) < 4.78 is 5.57. The van der Waals surface area contributed by atoms with E-state index in [1.807, 2.05) is 24.3 Å². The van der Waals surface area contributed by atoms with Crippen LogP contribution in [0.4, 0.5) is 5.69 Å². The van der Waals surface area contributed by atoms with Crippen LogP contribution in [0.3, 0.4) is 0 Å². The van der Waals surface area contributed by atoms with Crippen molar-refractivity contribution in [1.82, 2.24) is 4.90 Å². The Hall–Kier alpha value is -2.30. The number of anilines is 1. The highest BCUT2D eigenvalue weighted by atomic mass is 16.5. The molecule has 0 aromatic heterocycles. The Balaban J connectivity index is 1.87. The predicted octanol–water partition coefficient (Wildman–Crippen LogP) is 2.84. The van der Waals surface area contributed by atoms with Gasteiger partial charge in [-0.1, -0.05) is 19.6 Å². The average molecular weight is 316 g/mol. The lowest BCUT2D eigenvalue weighted by Gasteiger charge is -2.30. The molecule has 124 valence electrons. The summed E-state index contributed by atoms with van der Waals surface area (Å²) in [5.74, 6) is 0.633. The Morgan fingerprint density at radius 3 is 2.78 bits per heavy atom. The van der Waals surface area contributed by atoms with E-state index in [9.17, 15) is 9.59 Å². The van der Waals surface area contributed by atoms with E-state index < -0.39 is 0 Å². The van der Waals surface area contributed by atoms with Crippen molar-refractivity contribution >= 4 is 17.5 Å². The van der Waals surface area contributed by atoms with Crippen LogP contribution in [0.5, 0.6) is 5.75 Å². The summed E-state index contributed by atoms with van der Waals surface area (Å²) in [5, 5.41) is 2.94. The van der Waals surface area contributed by atoms with E-state index in [1.165, 1.54) is 6.08 Å². The van der Waals surface area contributed by atoms with Crippen LogP contribution in [-0.4, -0.2) is 36.4 Å². The zero-order chi connectivity index (χ0) is 16.7. The van der Waals surface area contributed by atoms with Gasteiger partial charge in [0.15, 0.2) is 0 Å². The number of amides is 2. The lowest BCUT2D eigenvalue weighted by molar-refractivity contribution is -0.130. The third-order valence-electron chi connectivity index (χ3n) is 3.93. The zero-order valence-corrected chi connectivity index (χ0v) is 13.6. The van der Waals surface area contributed by atoms with E-state index in [1.54, 1.807) is 4.90 Å². The van der Waals surface area contributed by atoms with Gasteiger partial charge in [-0.05, 0) is 37.5 Å². The summed E-state index contributed by atoms with van der Waals surface area (Å²) in [6, 6.07) is 7.44. The molecule has 0 spiro atoms. The quantitative estimate of drug-likeness (QED) is 0.821. The smallest absolute Gasteiger partial charge is 0.245 e. The summed E-state index contributed by atoms with van der Waals surface area (Å²) in [4.78, 5) is 25.6. The Bertz CT molecular complexity index is 563. The first-order valence-electron chi connectivity index (χ1n) is 8.09. The van der Waals surface area contributed by atoms with Gasteiger partial charge in [-0.15, -0.1) is 0 Å². The number of nitrogens with one attached hydrogen (secondary N) is 1. The minimum atomic E-state index is -0.0657. The van der Waals surface area contributed by atoms with Crippen LogP contribution in [0.25, 0.3) is 0 Å². The topological polar surface area (TPSA) is 58.6 Å². The Morgan fingerprint density at radius 1 is 1.39 bits per heavy atom. The minimum absolute atomic E-state index is 0.00310. The molecule has 0 radical (unpaired) electrons. The zero-order valence-electron chi connectivity index (χ0n) is 13.6. The lowest BCUT2D eigenvalue weighted by atomic mass is 9.95. The molecule has 1 N–H and O–H groups in total. The lowest BCUT2D eigenvalue weighted by Crippen LogP contribution is -2.40. The first-order chi connectivity index (χ1) is 11.1. The fourth-order valence-electron chi connectivity index (χ4n) is 2.62. The number of piperidine rings is 1. The Kier molecular flexibility index (Phi) is 6.20. The molecule has 1 heterocycles. The van der Waals surface area contributed by atoms with Crippen molar-refractivity contribution in [3.8, 4) is 5.75 Å². The number of hydrogen-bond donors (Lipinski definition) is 1. The summed E-state index contributed by atoms with van der Waals surface area (Å²) >= 11 is 0. The van der Waals surface area contributed by atoms with Crippen LogP contribution < -0.4 is 10.1 Å². The van der Waals surface area contributed by atoms with Crippen molar-refractivity contribution in [3.05, 3.63) is 36.9 Å². The molecule has 1 aliphatic heterocycles. The molecule has 1 fully saturated rings. The van der Waals surface area contributed by atoms with Gasteiger partial charge in [-0.3, -0.25) is 9.59 Å². The highest BCUT2D eigenvalue weighted by Crippen LogP contribution is 2.22. The van der Waals surface area contributed by atoms with E-state index in [0.29, 0.717) is 32.5 Å². The molecular formula is C18H24N2O3. The van der Waals surface area contributed by atoms with Gasteiger partial charge in [-0.2, -0.15) is 0 Å².